The second-order valence-corrected chi connectivity index (χ2v) is 8.46. The minimum Gasteiger partial charge on any atom is -0.358 e. The molecule has 0 unspecified atom stereocenters. The van der Waals surface area contributed by atoms with Crippen molar-refractivity contribution >= 4 is 27.8 Å². The van der Waals surface area contributed by atoms with Gasteiger partial charge in [0.15, 0.2) is 11.5 Å². The number of pyridine rings is 3. The number of hydrogen-bond acceptors (Lipinski definition) is 6. The van der Waals surface area contributed by atoms with Crippen LogP contribution >= 0.6 is 0 Å². The molecule has 31 heavy (non-hydrogen) atoms. The number of allylic oxidation sites excluding steroid dienone is 1. The monoisotopic (exact) mass is 410 g/mol. The number of aromatic amines is 2. The van der Waals surface area contributed by atoms with Crippen LogP contribution in [0.3, 0.4) is 0 Å². The van der Waals surface area contributed by atoms with E-state index in [-0.39, 0.29) is 5.41 Å². The molecule has 5 rings (SSSR count). The summed E-state index contributed by atoms with van der Waals surface area (Å²) in [5.41, 5.74) is 7.36. The molecule has 0 aromatic carbocycles. The first-order valence-corrected chi connectivity index (χ1v) is 9.95. The second-order valence-electron chi connectivity index (χ2n) is 8.46. The molecule has 0 amide bonds. The Bertz CT molecular complexity index is 1390. The third kappa shape index (κ3) is 3.52. The molecule has 8 nitrogen and oxygen atoms in total. The van der Waals surface area contributed by atoms with Gasteiger partial charge in [0, 0.05) is 29.1 Å². The molecular weight excluding hydrogens is 388 g/mol. The Labute approximate surface area is 178 Å². The van der Waals surface area contributed by atoms with Gasteiger partial charge in [-0.25, -0.2) is 9.97 Å². The first-order valence-electron chi connectivity index (χ1n) is 9.95. The van der Waals surface area contributed by atoms with E-state index in [0.717, 1.165) is 44.7 Å². The van der Waals surface area contributed by atoms with Crippen molar-refractivity contribution in [2.45, 2.75) is 20.8 Å². The summed E-state index contributed by atoms with van der Waals surface area (Å²) in [6, 6.07) is 7.79. The number of imidazole rings is 1. The summed E-state index contributed by atoms with van der Waals surface area (Å²) in [6.07, 6.45) is 7.04. The fraction of sp³-hybridized carbons (Fsp3) is 0.174. The predicted molar refractivity (Wildman–Crippen MR) is 122 cm³/mol. The molecule has 0 radical (unpaired) electrons. The molecule has 3 N–H and O–H groups in total. The van der Waals surface area contributed by atoms with Crippen molar-refractivity contribution in [2.75, 3.05) is 5.32 Å². The van der Waals surface area contributed by atoms with Crippen molar-refractivity contribution in [2.24, 2.45) is 5.41 Å². The topological polar surface area (TPSA) is 108 Å². The van der Waals surface area contributed by atoms with Gasteiger partial charge >= 0.3 is 0 Å². The summed E-state index contributed by atoms with van der Waals surface area (Å²) in [6.45, 7) is 10.5. The van der Waals surface area contributed by atoms with Crippen LogP contribution in [-0.2, 0) is 0 Å². The lowest BCUT2D eigenvalue weighted by atomic mass is 9.93. The summed E-state index contributed by atoms with van der Waals surface area (Å²) in [5.74, 6) is 0.647. The highest BCUT2D eigenvalue weighted by molar-refractivity contribution is 5.91. The quantitative estimate of drug-likeness (QED) is 0.388. The fourth-order valence-corrected chi connectivity index (χ4v) is 3.20. The zero-order chi connectivity index (χ0) is 21.6. The van der Waals surface area contributed by atoms with Crippen LogP contribution in [0.1, 0.15) is 20.8 Å². The number of rotatable bonds is 4. The van der Waals surface area contributed by atoms with Crippen molar-refractivity contribution in [3.05, 3.63) is 61.3 Å². The van der Waals surface area contributed by atoms with Crippen molar-refractivity contribution in [3.8, 4) is 22.8 Å². The summed E-state index contributed by atoms with van der Waals surface area (Å²) < 4.78 is 0. The van der Waals surface area contributed by atoms with Crippen LogP contribution in [0, 0.1) is 5.41 Å². The highest BCUT2D eigenvalue weighted by Crippen LogP contribution is 2.29. The Balaban J connectivity index is 1.54. The third-order valence-electron chi connectivity index (χ3n) is 5.15. The van der Waals surface area contributed by atoms with Crippen LogP contribution in [0.15, 0.2) is 61.3 Å². The highest BCUT2D eigenvalue weighted by Gasteiger charge is 2.17. The van der Waals surface area contributed by atoms with E-state index in [1.807, 2.05) is 24.3 Å². The minimum atomic E-state index is -0.0546. The van der Waals surface area contributed by atoms with Gasteiger partial charge < -0.3 is 10.3 Å². The second kappa shape index (κ2) is 7.02. The number of fused-ring (bicyclic) bond motifs is 2. The smallest absolute Gasteiger partial charge is 0.161 e. The van der Waals surface area contributed by atoms with Crippen LogP contribution < -0.4 is 5.32 Å². The van der Waals surface area contributed by atoms with Gasteiger partial charge in [0.25, 0.3) is 0 Å². The van der Waals surface area contributed by atoms with E-state index in [9.17, 15) is 0 Å². The first kappa shape index (κ1) is 18.9. The molecule has 5 aromatic rings. The van der Waals surface area contributed by atoms with Crippen molar-refractivity contribution in [1.29, 1.82) is 0 Å². The average Bonchev–Trinajstić information content (AvgIpc) is 3.36. The molecule has 0 saturated carbocycles. The Morgan fingerprint density at radius 1 is 1.00 bits per heavy atom. The van der Waals surface area contributed by atoms with Gasteiger partial charge in [-0.1, -0.05) is 27.4 Å². The molecule has 0 fully saturated rings. The molecule has 0 aliphatic rings. The van der Waals surface area contributed by atoms with Crippen LogP contribution in [0.5, 0.6) is 0 Å². The number of hydrogen-bond donors (Lipinski definition) is 3. The largest absolute Gasteiger partial charge is 0.358 e. The van der Waals surface area contributed by atoms with E-state index in [2.05, 4.69) is 62.8 Å². The molecule has 0 atom stereocenters. The standard InChI is InChI=1S/C23H22N8/c1-13(23(2,3)4)26-15-9-14(10-25-11-15)16-5-6-18-20(27-16)21(31-30-18)22-28-17-7-8-24-12-19(17)29-22/h5-12,26H,1H2,2-4H3,(H,28,29)(H,30,31). The van der Waals surface area contributed by atoms with Crippen LogP contribution in [0.25, 0.3) is 44.8 Å². The van der Waals surface area contributed by atoms with Gasteiger partial charge in [-0.3, -0.25) is 15.1 Å². The molecule has 8 heteroatoms. The van der Waals surface area contributed by atoms with Gasteiger partial charge in [0.1, 0.15) is 5.52 Å². The molecule has 5 heterocycles. The Morgan fingerprint density at radius 2 is 1.87 bits per heavy atom. The Kier molecular flexibility index (Phi) is 4.28. The molecule has 0 saturated heterocycles. The average molecular weight is 410 g/mol. The molecule has 5 aromatic heterocycles. The minimum absolute atomic E-state index is 0.0546. The third-order valence-corrected chi connectivity index (χ3v) is 5.15. The van der Waals surface area contributed by atoms with E-state index in [0.29, 0.717) is 11.5 Å². The van der Waals surface area contributed by atoms with E-state index in [1.165, 1.54) is 0 Å². The van der Waals surface area contributed by atoms with Gasteiger partial charge in [0.05, 0.1) is 40.3 Å². The van der Waals surface area contributed by atoms with Crippen molar-refractivity contribution < 1.29 is 0 Å². The summed E-state index contributed by atoms with van der Waals surface area (Å²) in [7, 11) is 0. The number of nitrogens with one attached hydrogen (secondary N) is 3. The van der Waals surface area contributed by atoms with Crippen molar-refractivity contribution in [1.82, 2.24) is 35.1 Å². The summed E-state index contributed by atoms with van der Waals surface area (Å²) >= 11 is 0. The van der Waals surface area contributed by atoms with Gasteiger partial charge in [-0.15, -0.1) is 0 Å². The SMILES string of the molecule is C=C(Nc1cncc(-c2ccc3[nH]nc(-c4nc5ccncc5[nH]4)c3n2)c1)C(C)(C)C. The molecule has 154 valence electrons. The lowest BCUT2D eigenvalue weighted by molar-refractivity contribution is 0.509. The zero-order valence-electron chi connectivity index (χ0n) is 17.6. The maximum atomic E-state index is 4.86. The van der Waals surface area contributed by atoms with Crippen LogP contribution in [-0.4, -0.2) is 35.1 Å². The number of aromatic nitrogens is 7. The van der Waals surface area contributed by atoms with Crippen LogP contribution in [0.2, 0.25) is 0 Å². The van der Waals surface area contributed by atoms with E-state index in [4.69, 9.17) is 4.98 Å². The Hall–Kier alpha value is -4.07. The molecular formula is C23H22N8. The molecule has 0 spiro atoms. The highest BCUT2D eigenvalue weighted by atomic mass is 15.1. The van der Waals surface area contributed by atoms with E-state index in [1.54, 1.807) is 24.8 Å². The summed E-state index contributed by atoms with van der Waals surface area (Å²) in [5, 5.41) is 10.8. The molecule has 0 aliphatic heterocycles. The van der Waals surface area contributed by atoms with Crippen LogP contribution in [0.4, 0.5) is 5.69 Å². The normalized spacial score (nSPS) is 11.8. The Morgan fingerprint density at radius 3 is 2.68 bits per heavy atom. The number of nitrogens with zero attached hydrogens (tertiary/aromatic N) is 5. The zero-order valence-corrected chi connectivity index (χ0v) is 17.6. The predicted octanol–water partition coefficient (Wildman–Crippen LogP) is 4.93. The number of anilines is 1. The van der Waals surface area contributed by atoms with E-state index < -0.39 is 0 Å². The molecule has 0 aliphatic carbocycles. The van der Waals surface area contributed by atoms with Gasteiger partial charge in [0.2, 0.25) is 0 Å². The lowest BCUT2D eigenvalue weighted by Gasteiger charge is -2.23. The van der Waals surface area contributed by atoms with Gasteiger partial charge in [-0.2, -0.15) is 5.10 Å². The van der Waals surface area contributed by atoms with Crippen molar-refractivity contribution in [3.63, 3.8) is 0 Å². The lowest BCUT2D eigenvalue weighted by Crippen LogP contribution is -2.15. The maximum absolute atomic E-state index is 4.86. The number of H-pyrrole nitrogens is 2. The molecule has 0 bridgehead atoms. The maximum Gasteiger partial charge on any atom is 0.161 e. The first-order chi connectivity index (χ1) is 14.9. The van der Waals surface area contributed by atoms with E-state index >= 15 is 0 Å². The fourth-order valence-electron chi connectivity index (χ4n) is 3.20. The summed E-state index contributed by atoms with van der Waals surface area (Å²) in [4.78, 5) is 21.3. The van der Waals surface area contributed by atoms with Gasteiger partial charge in [-0.05, 0) is 24.3 Å².